The molecule has 3 heterocycles. The van der Waals surface area contributed by atoms with Crippen LogP contribution in [0, 0.1) is 5.92 Å². The van der Waals surface area contributed by atoms with Gasteiger partial charge in [0.25, 0.3) is 0 Å². The lowest BCUT2D eigenvalue weighted by Gasteiger charge is -2.05. The largest absolute Gasteiger partial charge is 0.233 e. The number of halogens is 1. The van der Waals surface area contributed by atoms with Crippen LogP contribution >= 0.6 is 22.9 Å². The van der Waals surface area contributed by atoms with Crippen molar-refractivity contribution < 1.29 is 0 Å². The lowest BCUT2D eigenvalue weighted by molar-refractivity contribution is 0.634. The van der Waals surface area contributed by atoms with Crippen LogP contribution < -0.4 is 0 Å². The number of hydrogen-bond donors (Lipinski definition) is 0. The smallest absolute Gasteiger partial charge is 0.157 e. The molecule has 0 aromatic carbocycles. The molecule has 3 aromatic rings. The van der Waals surface area contributed by atoms with Crippen molar-refractivity contribution in [3.63, 3.8) is 0 Å². The van der Waals surface area contributed by atoms with Gasteiger partial charge in [0, 0.05) is 11.8 Å². The molecule has 19 heavy (non-hydrogen) atoms. The van der Waals surface area contributed by atoms with Gasteiger partial charge in [-0.2, -0.15) is 5.10 Å². The van der Waals surface area contributed by atoms with Gasteiger partial charge in [-0.05, 0) is 29.9 Å². The van der Waals surface area contributed by atoms with E-state index in [1.165, 1.54) is 0 Å². The minimum atomic E-state index is 0.561. The second kappa shape index (κ2) is 4.94. The predicted molar refractivity (Wildman–Crippen MR) is 79.9 cm³/mol. The molecule has 0 N–H and O–H groups in total. The molecule has 0 spiro atoms. The van der Waals surface area contributed by atoms with E-state index in [4.69, 9.17) is 11.6 Å². The average molecular weight is 292 g/mol. The molecule has 5 heteroatoms. The molecule has 0 amide bonds. The SMILES string of the molecule is CC(C)Cc1cc(Cl)n2nc(-c3cccs3)cc2n1. The van der Waals surface area contributed by atoms with Crippen LogP contribution in [0.2, 0.25) is 5.15 Å². The van der Waals surface area contributed by atoms with Crippen LogP contribution in [0.15, 0.2) is 29.6 Å². The molecule has 0 aliphatic rings. The van der Waals surface area contributed by atoms with Crippen molar-refractivity contribution in [3.8, 4) is 10.6 Å². The van der Waals surface area contributed by atoms with Gasteiger partial charge in [-0.1, -0.05) is 31.5 Å². The number of nitrogens with zero attached hydrogens (tertiary/aromatic N) is 3. The van der Waals surface area contributed by atoms with Crippen LogP contribution in [-0.2, 0) is 6.42 Å². The molecule has 0 radical (unpaired) electrons. The van der Waals surface area contributed by atoms with Crippen molar-refractivity contribution in [3.05, 3.63) is 40.5 Å². The third kappa shape index (κ3) is 2.51. The van der Waals surface area contributed by atoms with Gasteiger partial charge < -0.3 is 0 Å². The highest BCUT2D eigenvalue weighted by Gasteiger charge is 2.11. The van der Waals surface area contributed by atoms with Crippen molar-refractivity contribution in [1.29, 1.82) is 0 Å². The van der Waals surface area contributed by atoms with E-state index < -0.39 is 0 Å². The third-order valence-corrected chi connectivity index (χ3v) is 3.99. The second-order valence-electron chi connectivity index (χ2n) is 4.95. The van der Waals surface area contributed by atoms with Crippen molar-refractivity contribution in [2.75, 3.05) is 0 Å². The molecule has 0 fully saturated rings. The Hall–Kier alpha value is -1.39. The maximum Gasteiger partial charge on any atom is 0.157 e. The first-order valence-electron chi connectivity index (χ1n) is 6.22. The lowest BCUT2D eigenvalue weighted by Crippen LogP contribution is -2.01. The van der Waals surface area contributed by atoms with Crippen molar-refractivity contribution in [1.82, 2.24) is 14.6 Å². The first-order chi connectivity index (χ1) is 9.13. The van der Waals surface area contributed by atoms with Gasteiger partial charge >= 0.3 is 0 Å². The summed E-state index contributed by atoms with van der Waals surface area (Å²) in [7, 11) is 0. The van der Waals surface area contributed by atoms with Crippen LogP contribution in [0.5, 0.6) is 0 Å². The highest BCUT2D eigenvalue weighted by Crippen LogP contribution is 2.25. The summed E-state index contributed by atoms with van der Waals surface area (Å²) in [5, 5.41) is 7.16. The molecule has 0 aliphatic heterocycles. The summed E-state index contributed by atoms with van der Waals surface area (Å²) >= 11 is 7.95. The summed E-state index contributed by atoms with van der Waals surface area (Å²) in [5.74, 6) is 0.561. The van der Waals surface area contributed by atoms with Crippen molar-refractivity contribution >= 4 is 28.6 Å². The molecule has 3 nitrogen and oxygen atoms in total. The fourth-order valence-corrected chi connectivity index (χ4v) is 2.99. The lowest BCUT2D eigenvalue weighted by atomic mass is 10.1. The fourth-order valence-electron chi connectivity index (χ4n) is 2.05. The van der Waals surface area contributed by atoms with Crippen LogP contribution in [0.1, 0.15) is 19.5 Å². The van der Waals surface area contributed by atoms with Gasteiger partial charge in [0.2, 0.25) is 0 Å². The minimum Gasteiger partial charge on any atom is -0.233 e. The number of fused-ring (bicyclic) bond motifs is 1. The summed E-state index contributed by atoms with van der Waals surface area (Å²) in [6.45, 7) is 4.35. The predicted octanol–water partition coefficient (Wildman–Crippen LogP) is 4.31. The summed E-state index contributed by atoms with van der Waals surface area (Å²) in [5.41, 5.74) is 2.75. The van der Waals surface area contributed by atoms with E-state index >= 15 is 0 Å². The molecule has 3 rings (SSSR count). The maximum absolute atomic E-state index is 6.28. The molecule has 0 bridgehead atoms. The van der Waals surface area contributed by atoms with E-state index in [1.54, 1.807) is 15.9 Å². The Morgan fingerprint density at radius 1 is 1.37 bits per heavy atom. The number of aromatic nitrogens is 3. The summed E-state index contributed by atoms with van der Waals surface area (Å²) in [6, 6.07) is 7.96. The second-order valence-corrected chi connectivity index (χ2v) is 6.28. The summed E-state index contributed by atoms with van der Waals surface area (Å²) in [4.78, 5) is 5.76. The molecule has 0 aliphatic carbocycles. The fraction of sp³-hybridized carbons (Fsp3) is 0.286. The zero-order valence-corrected chi connectivity index (χ0v) is 12.4. The van der Waals surface area contributed by atoms with Gasteiger partial charge in [-0.25, -0.2) is 9.50 Å². The Kier molecular flexibility index (Phi) is 3.29. The standard InChI is InChI=1S/C14H14ClN3S/c1-9(2)6-10-7-13(15)18-14(16-10)8-11(17-18)12-4-3-5-19-12/h3-5,7-9H,6H2,1-2H3. The van der Waals surface area contributed by atoms with Gasteiger partial charge in [0.05, 0.1) is 4.88 Å². The summed E-state index contributed by atoms with van der Waals surface area (Å²) in [6.07, 6.45) is 0.926. The molecule has 0 unspecified atom stereocenters. The molecular formula is C14H14ClN3S. The van der Waals surface area contributed by atoms with Crippen LogP contribution in [0.4, 0.5) is 0 Å². The first kappa shape index (κ1) is 12.6. The Balaban J connectivity index is 2.09. The van der Waals surface area contributed by atoms with E-state index in [2.05, 4.69) is 30.0 Å². The Morgan fingerprint density at radius 2 is 2.21 bits per heavy atom. The zero-order valence-electron chi connectivity index (χ0n) is 10.8. The van der Waals surface area contributed by atoms with Crippen molar-refractivity contribution in [2.45, 2.75) is 20.3 Å². The molecule has 3 aromatic heterocycles. The topological polar surface area (TPSA) is 30.2 Å². The molecule has 0 saturated heterocycles. The van der Waals surface area contributed by atoms with Gasteiger partial charge in [0.15, 0.2) is 5.65 Å². The molecule has 98 valence electrons. The maximum atomic E-state index is 6.28. The molecular weight excluding hydrogens is 278 g/mol. The monoisotopic (exact) mass is 291 g/mol. The van der Waals surface area contributed by atoms with Gasteiger partial charge in [-0.15, -0.1) is 11.3 Å². The zero-order chi connectivity index (χ0) is 13.4. The summed E-state index contributed by atoms with van der Waals surface area (Å²) < 4.78 is 1.69. The van der Waals surface area contributed by atoms with E-state index in [0.717, 1.165) is 28.3 Å². The van der Waals surface area contributed by atoms with E-state index in [-0.39, 0.29) is 0 Å². The van der Waals surface area contributed by atoms with Gasteiger partial charge in [-0.3, -0.25) is 0 Å². The number of hydrogen-bond acceptors (Lipinski definition) is 3. The average Bonchev–Trinajstić information content (AvgIpc) is 2.95. The van der Waals surface area contributed by atoms with E-state index in [1.807, 2.05) is 23.6 Å². The van der Waals surface area contributed by atoms with Crippen LogP contribution in [0.3, 0.4) is 0 Å². The van der Waals surface area contributed by atoms with Crippen LogP contribution in [-0.4, -0.2) is 14.6 Å². The van der Waals surface area contributed by atoms with E-state index in [0.29, 0.717) is 11.1 Å². The Bertz CT molecular complexity index is 701. The molecule has 0 atom stereocenters. The Morgan fingerprint density at radius 3 is 2.89 bits per heavy atom. The highest BCUT2D eigenvalue weighted by molar-refractivity contribution is 7.13. The first-order valence-corrected chi connectivity index (χ1v) is 7.48. The number of thiophene rings is 1. The Labute approximate surface area is 120 Å². The number of rotatable bonds is 3. The van der Waals surface area contributed by atoms with Gasteiger partial charge in [0.1, 0.15) is 10.8 Å². The van der Waals surface area contributed by atoms with Crippen molar-refractivity contribution in [2.24, 2.45) is 5.92 Å². The minimum absolute atomic E-state index is 0.561. The highest BCUT2D eigenvalue weighted by atomic mass is 35.5. The normalized spacial score (nSPS) is 11.6. The molecule has 0 saturated carbocycles. The third-order valence-electron chi connectivity index (χ3n) is 2.83. The van der Waals surface area contributed by atoms with E-state index in [9.17, 15) is 0 Å². The van der Waals surface area contributed by atoms with Crippen LogP contribution in [0.25, 0.3) is 16.2 Å². The quantitative estimate of drug-likeness (QED) is 0.673.